The maximum Gasteiger partial charge on any atom is 0.420 e. The molecule has 92 valence electrons. The number of fused-ring (bicyclic) bond motifs is 1. The Bertz CT molecular complexity index is 452. The van der Waals surface area contributed by atoms with Crippen LogP contribution in [0.4, 0.5) is 18.9 Å². The highest BCUT2D eigenvalue weighted by molar-refractivity contribution is 5.63. The molecule has 2 aliphatic rings. The molecule has 1 aromatic rings. The zero-order valence-corrected chi connectivity index (χ0v) is 9.10. The number of hydrogen-bond acceptors (Lipinski definition) is 2. The zero-order chi connectivity index (χ0) is 12.1. The Balaban J connectivity index is 2.04. The van der Waals surface area contributed by atoms with E-state index in [2.05, 4.69) is 5.32 Å². The van der Waals surface area contributed by atoms with E-state index in [0.717, 1.165) is 25.3 Å². The molecule has 1 fully saturated rings. The van der Waals surface area contributed by atoms with E-state index in [-0.39, 0.29) is 5.75 Å². The lowest BCUT2D eigenvalue weighted by Gasteiger charge is -2.46. The van der Waals surface area contributed by atoms with E-state index >= 15 is 0 Å². The van der Waals surface area contributed by atoms with Crippen molar-refractivity contribution in [2.45, 2.75) is 31.0 Å². The minimum atomic E-state index is -4.37. The molecule has 2 nitrogen and oxygen atoms in total. The van der Waals surface area contributed by atoms with E-state index in [1.165, 1.54) is 6.07 Å². The van der Waals surface area contributed by atoms with Gasteiger partial charge in [-0.2, -0.15) is 13.2 Å². The summed E-state index contributed by atoms with van der Waals surface area (Å²) >= 11 is 0. The molecule has 1 heterocycles. The van der Waals surface area contributed by atoms with Gasteiger partial charge < -0.3 is 10.1 Å². The van der Waals surface area contributed by atoms with E-state index in [9.17, 15) is 13.2 Å². The van der Waals surface area contributed by atoms with E-state index in [1.54, 1.807) is 6.07 Å². The van der Waals surface area contributed by atoms with Crippen molar-refractivity contribution in [2.24, 2.45) is 0 Å². The molecule has 1 aliphatic heterocycles. The summed E-state index contributed by atoms with van der Waals surface area (Å²) in [5, 5.41) is 3.04. The molecule has 0 atom stereocenters. The summed E-state index contributed by atoms with van der Waals surface area (Å²) in [7, 11) is 0. The van der Waals surface area contributed by atoms with E-state index < -0.39 is 17.3 Å². The van der Waals surface area contributed by atoms with Crippen LogP contribution >= 0.6 is 0 Å². The molecular formula is C12H12F3NO. The second-order valence-corrected chi connectivity index (χ2v) is 4.67. The molecule has 1 aromatic carbocycles. The second kappa shape index (κ2) is 3.31. The van der Waals surface area contributed by atoms with Crippen molar-refractivity contribution in [1.29, 1.82) is 0 Å². The molecule has 0 unspecified atom stereocenters. The highest BCUT2D eigenvalue weighted by Crippen LogP contribution is 2.48. The number of para-hydroxylation sites is 1. The lowest BCUT2D eigenvalue weighted by molar-refractivity contribution is -0.141. The Morgan fingerprint density at radius 2 is 2.00 bits per heavy atom. The smallest absolute Gasteiger partial charge is 0.420 e. The van der Waals surface area contributed by atoms with Gasteiger partial charge in [0.2, 0.25) is 0 Å². The first-order valence-corrected chi connectivity index (χ1v) is 5.63. The highest BCUT2D eigenvalue weighted by Gasteiger charge is 2.45. The summed E-state index contributed by atoms with van der Waals surface area (Å²) in [4.78, 5) is 0. The maximum absolute atomic E-state index is 12.8. The molecule has 1 N–H and O–H groups in total. The number of benzene rings is 1. The number of anilines is 1. The molecule has 5 heteroatoms. The third-order valence-electron chi connectivity index (χ3n) is 3.50. The van der Waals surface area contributed by atoms with Crippen molar-refractivity contribution in [2.75, 3.05) is 11.9 Å². The van der Waals surface area contributed by atoms with E-state index in [4.69, 9.17) is 4.74 Å². The number of hydrogen-bond donors (Lipinski definition) is 1. The minimum absolute atomic E-state index is 0.0362. The Kier molecular flexibility index (Phi) is 2.09. The highest BCUT2D eigenvalue weighted by atomic mass is 19.4. The van der Waals surface area contributed by atoms with Gasteiger partial charge in [0.05, 0.1) is 17.8 Å². The number of rotatable bonds is 0. The molecule has 0 radical (unpaired) electrons. The fraction of sp³-hybridized carbons (Fsp3) is 0.500. The van der Waals surface area contributed by atoms with Gasteiger partial charge in [-0.05, 0) is 31.4 Å². The number of alkyl halides is 3. The first kappa shape index (κ1) is 10.7. The number of nitrogens with one attached hydrogen (secondary N) is 1. The first-order valence-electron chi connectivity index (χ1n) is 5.63. The van der Waals surface area contributed by atoms with Crippen molar-refractivity contribution < 1.29 is 17.9 Å². The Labute approximate surface area is 96.8 Å². The van der Waals surface area contributed by atoms with Gasteiger partial charge in [-0.3, -0.25) is 0 Å². The van der Waals surface area contributed by atoms with Crippen molar-refractivity contribution in [3.8, 4) is 5.75 Å². The fourth-order valence-electron chi connectivity index (χ4n) is 2.37. The molecule has 0 saturated heterocycles. The number of halogens is 3. The average molecular weight is 243 g/mol. The van der Waals surface area contributed by atoms with Gasteiger partial charge >= 0.3 is 6.18 Å². The van der Waals surface area contributed by atoms with E-state index in [0.29, 0.717) is 12.2 Å². The van der Waals surface area contributed by atoms with Crippen LogP contribution in [-0.4, -0.2) is 12.1 Å². The predicted molar refractivity (Wildman–Crippen MR) is 57.1 cm³/mol. The molecule has 3 rings (SSSR count). The SMILES string of the molecule is FC(F)(F)c1cccc2c1OC1(CCC1)CN2. The van der Waals surface area contributed by atoms with Crippen LogP contribution in [0.1, 0.15) is 24.8 Å². The van der Waals surface area contributed by atoms with Crippen LogP contribution in [0.2, 0.25) is 0 Å². The quantitative estimate of drug-likeness (QED) is 0.753. The Morgan fingerprint density at radius 3 is 2.59 bits per heavy atom. The summed E-state index contributed by atoms with van der Waals surface area (Å²) in [6.45, 7) is 0.599. The summed E-state index contributed by atoms with van der Waals surface area (Å²) in [5.74, 6) is -0.0362. The maximum atomic E-state index is 12.8. The summed E-state index contributed by atoms with van der Waals surface area (Å²) in [6.07, 6.45) is -1.70. The van der Waals surface area contributed by atoms with Gasteiger partial charge in [-0.25, -0.2) is 0 Å². The Morgan fingerprint density at radius 1 is 1.24 bits per heavy atom. The summed E-state index contributed by atoms with van der Waals surface area (Å²) in [5.41, 5.74) is -0.653. The van der Waals surface area contributed by atoms with Crippen molar-refractivity contribution >= 4 is 5.69 Å². The molecule has 17 heavy (non-hydrogen) atoms. The lowest BCUT2D eigenvalue weighted by Crippen LogP contribution is -2.51. The summed E-state index contributed by atoms with van der Waals surface area (Å²) < 4.78 is 44.2. The Hall–Kier alpha value is -1.39. The van der Waals surface area contributed by atoms with Crippen LogP contribution in [0.15, 0.2) is 18.2 Å². The second-order valence-electron chi connectivity index (χ2n) is 4.67. The van der Waals surface area contributed by atoms with Gasteiger partial charge in [-0.15, -0.1) is 0 Å². The van der Waals surface area contributed by atoms with Gasteiger partial charge in [0, 0.05) is 0 Å². The molecule has 1 saturated carbocycles. The molecule has 0 amide bonds. The van der Waals surface area contributed by atoms with Crippen LogP contribution in [0.3, 0.4) is 0 Å². The van der Waals surface area contributed by atoms with Crippen LogP contribution in [-0.2, 0) is 6.18 Å². The van der Waals surface area contributed by atoms with Crippen LogP contribution < -0.4 is 10.1 Å². The van der Waals surface area contributed by atoms with Crippen LogP contribution in [0.25, 0.3) is 0 Å². The fourth-order valence-corrected chi connectivity index (χ4v) is 2.37. The standard InChI is InChI=1S/C12H12F3NO/c13-12(14,15)8-3-1-4-9-10(8)17-11(7-16-9)5-2-6-11/h1,3-4,16H,2,5-7H2. The lowest BCUT2D eigenvalue weighted by atomic mass is 9.79. The predicted octanol–water partition coefficient (Wildman–Crippen LogP) is 3.43. The van der Waals surface area contributed by atoms with Gasteiger partial charge in [0.15, 0.2) is 5.75 Å². The van der Waals surface area contributed by atoms with Gasteiger partial charge in [0.1, 0.15) is 5.60 Å². The van der Waals surface area contributed by atoms with Gasteiger partial charge in [0.25, 0.3) is 0 Å². The third-order valence-corrected chi connectivity index (χ3v) is 3.50. The normalized spacial score (nSPS) is 21.1. The molecule has 0 bridgehead atoms. The zero-order valence-electron chi connectivity index (χ0n) is 9.10. The van der Waals surface area contributed by atoms with Crippen LogP contribution in [0, 0.1) is 0 Å². The summed E-state index contributed by atoms with van der Waals surface area (Å²) in [6, 6.07) is 4.09. The monoisotopic (exact) mass is 243 g/mol. The molecule has 1 spiro atoms. The first-order chi connectivity index (χ1) is 8.00. The van der Waals surface area contributed by atoms with Crippen molar-refractivity contribution in [3.63, 3.8) is 0 Å². The van der Waals surface area contributed by atoms with Crippen molar-refractivity contribution in [3.05, 3.63) is 23.8 Å². The molecule has 1 aliphatic carbocycles. The largest absolute Gasteiger partial charge is 0.483 e. The minimum Gasteiger partial charge on any atom is -0.483 e. The van der Waals surface area contributed by atoms with Gasteiger partial charge in [-0.1, -0.05) is 6.07 Å². The van der Waals surface area contributed by atoms with Crippen molar-refractivity contribution in [1.82, 2.24) is 0 Å². The van der Waals surface area contributed by atoms with Crippen LogP contribution in [0.5, 0.6) is 5.75 Å². The third kappa shape index (κ3) is 1.64. The average Bonchev–Trinajstić information content (AvgIpc) is 2.24. The van der Waals surface area contributed by atoms with E-state index in [1.807, 2.05) is 0 Å². The molecular weight excluding hydrogens is 231 g/mol. The topological polar surface area (TPSA) is 21.3 Å². The number of ether oxygens (including phenoxy) is 1. The molecule has 0 aromatic heterocycles.